The maximum atomic E-state index is 14.3. The highest BCUT2D eigenvalue weighted by molar-refractivity contribution is 7.18. The van der Waals surface area contributed by atoms with E-state index in [0.29, 0.717) is 46.6 Å². The van der Waals surface area contributed by atoms with Crippen LogP contribution >= 0.6 is 11.3 Å². The molecule has 33 heavy (non-hydrogen) atoms. The molecule has 1 fully saturated rings. The number of hydrogen-bond acceptors (Lipinski definition) is 8. The number of piperidine rings is 1. The van der Waals surface area contributed by atoms with Crippen molar-refractivity contribution in [3.8, 4) is 17.0 Å². The van der Waals surface area contributed by atoms with Crippen molar-refractivity contribution in [1.82, 2.24) is 20.1 Å². The Kier molecular flexibility index (Phi) is 5.65. The van der Waals surface area contributed by atoms with E-state index in [2.05, 4.69) is 20.1 Å². The number of rotatable bonds is 5. The average Bonchev–Trinajstić information content (AvgIpc) is 3.47. The molecule has 0 spiro atoms. The standard InChI is InChI=1S/C22H20F3N5O2S/c1-11(2)20-28-22(32-29-20)30-7-5-12(6-8-30)31-21-19-18(26-10-27-21)14(9-33-19)13-3-4-15(23)17(25)16(13)24/h3-4,9-12H,5-8H2,1-2H3. The summed E-state index contributed by atoms with van der Waals surface area (Å²) in [5.41, 5.74) is 0.740. The highest BCUT2D eigenvalue weighted by atomic mass is 32.1. The first-order valence-corrected chi connectivity index (χ1v) is 11.4. The third-order valence-corrected chi connectivity index (χ3v) is 6.54. The van der Waals surface area contributed by atoms with Crippen LogP contribution in [-0.2, 0) is 0 Å². The Labute approximate surface area is 191 Å². The van der Waals surface area contributed by atoms with Gasteiger partial charge in [0.05, 0.1) is 5.52 Å². The number of thiophene rings is 1. The number of halogens is 3. The van der Waals surface area contributed by atoms with Gasteiger partial charge in [0.15, 0.2) is 23.3 Å². The molecule has 11 heteroatoms. The van der Waals surface area contributed by atoms with Gasteiger partial charge in [-0.3, -0.25) is 0 Å². The summed E-state index contributed by atoms with van der Waals surface area (Å²) in [5.74, 6) is -2.73. The van der Waals surface area contributed by atoms with E-state index in [1.165, 1.54) is 23.7 Å². The maximum absolute atomic E-state index is 14.3. The molecule has 1 saturated heterocycles. The van der Waals surface area contributed by atoms with E-state index in [9.17, 15) is 13.2 Å². The van der Waals surface area contributed by atoms with Gasteiger partial charge in [-0.1, -0.05) is 19.0 Å². The first-order chi connectivity index (χ1) is 15.9. The van der Waals surface area contributed by atoms with Gasteiger partial charge in [0.25, 0.3) is 0 Å². The second-order valence-electron chi connectivity index (χ2n) is 8.12. The number of anilines is 1. The fourth-order valence-electron chi connectivity index (χ4n) is 3.75. The molecular formula is C22H20F3N5O2S. The smallest absolute Gasteiger partial charge is 0.324 e. The highest BCUT2D eigenvalue weighted by Crippen LogP contribution is 2.39. The number of aromatic nitrogens is 4. The second-order valence-corrected chi connectivity index (χ2v) is 9.00. The molecule has 0 unspecified atom stereocenters. The van der Waals surface area contributed by atoms with Crippen molar-refractivity contribution in [2.75, 3.05) is 18.0 Å². The van der Waals surface area contributed by atoms with E-state index in [-0.39, 0.29) is 17.6 Å². The molecule has 172 valence electrons. The van der Waals surface area contributed by atoms with Crippen LogP contribution in [0, 0.1) is 17.5 Å². The minimum Gasteiger partial charge on any atom is -0.473 e. The van der Waals surface area contributed by atoms with E-state index >= 15 is 0 Å². The molecule has 4 heterocycles. The molecule has 0 atom stereocenters. The summed E-state index contributed by atoms with van der Waals surface area (Å²) in [5, 5.41) is 5.66. The van der Waals surface area contributed by atoms with E-state index in [1.807, 2.05) is 18.7 Å². The van der Waals surface area contributed by atoms with Crippen molar-refractivity contribution in [2.24, 2.45) is 0 Å². The fourth-order valence-corrected chi connectivity index (χ4v) is 4.70. The van der Waals surface area contributed by atoms with Crippen LogP contribution in [0.5, 0.6) is 5.88 Å². The Bertz CT molecular complexity index is 1300. The zero-order chi connectivity index (χ0) is 23.1. The van der Waals surface area contributed by atoms with Gasteiger partial charge in [0.2, 0.25) is 5.88 Å². The Morgan fingerprint density at radius 3 is 2.61 bits per heavy atom. The van der Waals surface area contributed by atoms with Gasteiger partial charge in [0.1, 0.15) is 17.1 Å². The number of nitrogens with zero attached hydrogens (tertiary/aromatic N) is 5. The van der Waals surface area contributed by atoms with Crippen molar-refractivity contribution < 1.29 is 22.4 Å². The van der Waals surface area contributed by atoms with Gasteiger partial charge < -0.3 is 14.2 Å². The molecule has 1 aromatic carbocycles. The van der Waals surface area contributed by atoms with Crippen molar-refractivity contribution >= 4 is 27.6 Å². The lowest BCUT2D eigenvalue weighted by molar-refractivity contribution is 0.164. The molecule has 3 aromatic heterocycles. The molecule has 0 saturated carbocycles. The van der Waals surface area contributed by atoms with E-state index < -0.39 is 17.5 Å². The van der Waals surface area contributed by atoms with Crippen LogP contribution in [-0.4, -0.2) is 39.3 Å². The van der Waals surface area contributed by atoms with Crippen molar-refractivity contribution in [2.45, 2.75) is 38.7 Å². The number of hydrogen-bond donors (Lipinski definition) is 0. The summed E-state index contributed by atoms with van der Waals surface area (Å²) in [7, 11) is 0. The van der Waals surface area contributed by atoms with Crippen LogP contribution in [0.15, 0.2) is 28.4 Å². The van der Waals surface area contributed by atoms with Crippen LogP contribution in [0.3, 0.4) is 0 Å². The van der Waals surface area contributed by atoms with Crippen LogP contribution in [0.4, 0.5) is 19.2 Å². The van der Waals surface area contributed by atoms with Crippen molar-refractivity contribution in [3.63, 3.8) is 0 Å². The van der Waals surface area contributed by atoms with E-state index in [0.717, 1.165) is 18.9 Å². The molecule has 0 N–H and O–H groups in total. The first kappa shape index (κ1) is 21.6. The van der Waals surface area contributed by atoms with Gasteiger partial charge in [0, 0.05) is 48.4 Å². The molecule has 1 aliphatic rings. The lowest BCUT2D eigenvalue weighted by atomic mass is 10.1. The van der Waals surface area contributed by atoms with E-state index in [1.54, 1.807) is 5.38 Å². The monoisotopic (exact) mass is 475 g/mol. The summed E-state index contributed by atoms with van der Waals surface area (Å²) in [4.78, 5) is 15.0. The van der Waals surface area contributed by atoms with Crippen LogP contribution in [0.2, 0.25) is 0 Å². The minimum absolute atomic E-state index is 0.0570. The highest BCUT2D eigenvalue weighted by Gasteiger charge is 2.26. The topological polar surface area (TPSA) is 77.2 Å². The zero-order valence-electron chi connectivity index (χ0n) is 17.9. The molecule has 7 nitrogen and oxygen atoms in total. The molecule has 0 bridgehead atoms. The molecule has 1 aliphatic heterocycles. The fraction of sp³-hybridized carbons (Fsp3) is 0.364. The summed E-state index contributed by atoms with van der Waals surface area (Å²) < 4.78 is 53.6. The maximum Gasteiger partial charge on any atom is 0.324 e. The van der Waals surface area contributed by atoms with Gasteiger partial charge in [-0.15, -0.1) is 11.3 Å². The summed E-state index contributed by atoms with van der Waals surface area (Å²) >= 11 is 1.27. The van der Waals surface area contributed by atoms with Crippen molar-refractivity contribution in [3.05, 3.63) is 47.1 Å². The third kappa shape index (κ3) is 4.01. The minimum atomic E-state index is -1.51. The SMILES string of the molecule is CC(C)c1noc(N2CCC(Oc3ncnc4c(-c5ccc(F)c(F)c5F)csc34)CC2)n1. The molecule has 4 aromatic rings. The predicted molar refractivity (Wildman–Crippen MR) is 117 cm³/mol. The van der Waals surface area contributed by atoms with Crippen LogP contribution < -0.4 is 9.64 Å². The largest absolute Gasteiger partial charge is 0.473 e. The normalized spacial score (nSPS) is 15.0. The number of ether oxygens (including phenoxy) is 1. The molecule has 0 aliphatic carbocycles. The zero-order valence-corrected chi connectivity index (χ0v) is 18.7. The summed E-state index contributed by atoms with van der Waals surface area (Å²) in [6.45, 7) is 5.39. The van der Waals surface area contributed by atoms with Crippen LogP contribution in [0.25, 0.3) is 21.3 Å². The summed E-state index contributed by atoms with van der Waals surface area (Å²) in [6.07, 6.45) is 2.69. The lowest BCUT2D eigenvalue weighted by Crippen LogP contribution is -2.38. The second kappa shape index (κ2) is 8.62. The molecule has 0 radical (unpaired) electrons. The van der Waals surface area contributed by atoms with Gasteiger partial charge >= 0.3 is 6.01 Å². The van der Waals surface area contributed by atoms with Gasteiger partial charge in [-0.2, -0.15) is 4.98 Å². The number of fused-ring (bicyclic) bond motifs is 1. The van der Waals surface area contributed by atoms with Gasteiger partial charge in [-0.25, -0.2) is 23.1 Å². The Balaban J connectivity index is 1.33. The molecular weight excluding hydrogens is 455 g/mol. The quantitative estimate of drug-likeness (QED) is 0.361. The van der Waals surface area contributed by atoms with Gasteiger partial charge in [-0.05, 0) is 12.1 Å². The summed E-state index contributed by atoms with van der Waals surface area (Å²) in [6, 6.07) is 2.62. The average molecular weight is 475 g/mol. The molecule has 5 rings (SSSR count). The third-order valence-electron chi connectivity index (χ3n) is 5.58. The Hall–Kier alpha value is -3.21. The molecule has 0 amide bonds. The Morgan fingerprint density at radius 1 is 1.09 bits per heavy atom. The Morgan fingerprint density at radius 2 is 1.88 bits per heavy atom. The van der Waals surface area contributed by atoms with Crippen LogP contribution in [0.1, 0.15) is 38.4 Å². The van der Waals surface area contributed by atoms with E-state index in [4.69, 9.17) is 9.26 Å². The van der Waals surface area contributed by atoms with Crippen molar-refractivity contribution in [1.29, 1.82) is 0 Å². The number of benzene rings is 1. The lowest BCUT2D eigenvalue weighted by Gasteiger charge is -2.30. The first-order valence-electron chi connectivity index (χ1n) is 10.5. The predicted octanol–water partition coefficient (Wildman–Crippen LogP) is 5.33.